The van der Waals surface area contributed by atoms with Gasteiger partial charge in [0.1, 0.15) is 0 Å². The van der Waals surface area contributed by atoms with E-state index in [0.29, 0.717) is 0 Å². The Labute approximate surface area is 104 Å². The molecule has 1 aromatic carbocycles. The SMILES string of the molecule is C=CC(=O)NC(CC(C)(C)C)c1ccccc1. The molecule has 92 valence electrons. The molecule has 1 atom stereocenters. The molecule has 1 amide bonds. The van der Waals surface area contributed by atoms with Crippen LogP contribution in [-0.4, -0.2) is 5.91 Å². The van der Waals surface area contributed by atoms with Crippen LogP contribution in [0, 0.1) is 5.41 Å². The van der Waals surface area contributed by atoms with E-state index in [2.05, 4.69) is 32.7 Å². The van der Waals surface area contributed by atoms with Crippen molar-refractivity contribution in [3.05, 3.63) is 48.6 Å². The number of hydrogen-bond donors (Lipinski definition) is 1. The fraction of sp³-hybridized carbons (Fsp3) is 0.400. The Morgan fingerprint density at radius 2 is 1.94 bits per heavy atom. The molecule has 0 aliphatic heterocycles. The largest absolute Gasteiger partial charge is 0.346 e. The molecule has 0 aliphatic carbocycles. The second kappa shape index (κ2) is 5.67. The maximum absolute atomic E-state index is 11.5. The predicted molar refractivity (Wildman–Crippen MR) is 71.6 cm³/mol. The van der Waals surface area contributed by atoms with Crippen molar-refractivity contribution < 1.29 is 4.79 Å². The molecule has 0 spiro atoms. The van der Waals surface area contributed by atoms with Gasteiger partial charge in [0.05, 0.1) is 6.04 Å². The standard InChI is InChI=1S/C15H21NO/c1-5-14(17)16-13(11-15(2,3)4)12-9-7-6-8-10-12/h5-10,13H,1,11H2,2-4H3,(H,16,17). The van der Waals surface area contributed by atoms with E-state index in [1.54, 1.807) is 0 Å². The van der Waals surface area contributed by atoms with E-state index in [1.165, 1.54) is 6.08 Å². The molecule has 1 aromatic rings. The van der Waals surface area contributed by atoms with Crippen LogP contribution in [0.2, 0.25) is 0 Å². The number of rotatable bonds is 4. The summed E-state index contributed by atoms with van der Waals surface area (Å²) in [5, 5.41) is 2.98. The van der Waals surface area contributed by atoms with Crippen molar-refractivity contribution in [1.29, 1.82) is 0 Å². The third kappa shape index (κ3) is 4.85. The second-order valence-electron chi connectivity index (χ2n) is 5.44. The van der Waals surface area contributed by atoms with Gasteiger partial charge in [0.2, 0.25) is 5.91 Å². The van der Waals surface area contributed by atoms with Gasteiger partial charge in [-0.15, -0.1) is 0 Å². The van der Waals surface area contributed by atoms with E-state index in [1.807, 2.05) is 30.3 Å². The van der Waals surface area contributed by atoms with Crippen molar-refractivity contribution >= 4 is 5.91 Å². The lowest BCUT2D eigenvalue weighted by atomic mass is 9.85. The summed E-state index contributed by atoms with van der Waals surface area (Å²) in [7, 11) is 0. The monoisotopic (exact) mass is 231 g/mol. The Kier molecular flexibility index (Phi) is 4.50. The lowest BCUT2D eigenvalue weighted by molar-refractivity contribution is -0.117. The van der Waals surface area contributed by atoms with Crippen LogP contribution < -0.4 is 5.32 Å². The molecule has 0 saturated carbocycles. The number of hydrogen-bond acceptors (Lipinski definition) is 1. The fourth-order valence-electron chi connectivity index (χ4n) is 1.78. The molecule has 0 saturated heterocycles. The van der Waals surface area contributed by atoms with E-state index in [-0.39, 0.29) is 17.4 Å². The summed E-state index contributed by atoms with van der Waals surface area (Å²) in [6, 6.07) is 10.1. The quantitative estimate of drug-likeness (QED) is 0.790. The zero-order valence-electron chi connectivity index (χ0n) is 10.9. The van der Waals surface area contributed by atoms with Crippen LogP contribution in [-0.2, 0) is 4.79 Å². The number of carbonyl (C=O) groups excluding carboxylic acids is 1. The average Bonchev–Trinajstić information content (AvgIpc) is 2.27. The molecule has 0 radical (unpaired) electrons. The first-order valence-electron chi connectivity index (χ1n) is 5.90. The van der Waals surface area contributed by atoms with E-state index >= 15 is 0 Å². The smallest absolute Gasteiger partial charge is 0.243 e. The third-order valence-electron chi connectivity index (χ3n) is 2.52. The maximum Gasteiger partial charge on any atom is 0.243 e. The van der Waals surface area contributed by atoms with Crippen molar-refractivity contribution in [2.45, 2.75) is 33.2 Å². The third-order valence-corrected chi connectivity index (χ3v) is 2.52. The maximum atomic E-state index is 11.5. The van der Waals surface area contributed by atoms with Crippen LogP contribution in [0.1, 0.15) is 38.8 Å². The van der Waals surface area contributed by atoms with Gasteiger partial charge in [0, 0.05) is 0 Å². The van der Waals surface area contributed by atoms with Crippen molar-refractivity contribution in [2.75, 3.05) is 0 Å². The predicted octanol–water partition coefficient (Wildman–Crippen LogP) is 3.47. The minimum Gasteiger partial charge on any atom is -0.346 e. The van der Waals surface area contributed by atoms with Gasteiger partial charge in [0.15, 0.2) is 0 Å². The van der Waals surface area contributed by atoms with Gasteiger partial charge in [-0.1, -0.05) is 57.7 Å². The highest BCUT2D eigenvalue weighted by Crippen LogP contribution is 2.29. The minimum absolute atomic E-state index is 0.0432. The molecule has 0 heterocycles. The summed E-state index contributed by atoms with van der Waals surface area (Å²) in [6.07, 6.45) is 2.22. The molecule has 0 aromatic heterocycles. The van der Waals surface area contributed by atoms with Crippen LogP contribution in [0.5, 0.6) is 0 Å². The normalized spacial score (nSPS) is 12.9. The first-order chi connectivity index (χ1) is 7.92. The number of carbonyl (C=O) groups is 1. The summed E-state index contributed by atoms with van der Waals surface area (Å²) in [5.74, 6) is -0.122. The molecule has 1 N–H and O–H groups in total. The van der Waals surface area contributed by atoms with Gasteiger partial charge in [-0.3, -0.25) is 4.79 Å². The van der Waals surface area contributed by atoms with E-state index < -0.39 is 0 Å². The zero-order chi connectivity index (χ0) is 12.9. The molecule has 0 fully saturated rings. The molecule has 17 heavy (non-hydrogen) atoms. The molecular weight excluding hydrogens is 210 g/mol. The Bertz CT molecular complexity index is 376. The highest BCUT2D eigenvalue weighted by Gasteiger charge is 2.20. The second-order valence-corrected chi connectivity index (χ2v) is 5.44. The summed E-state index contributed by atoms with van der Waals surface area (Å²) in [4.78, 5) is 11.5. The van der Waals surface area contributed by atoms with Gasteiger partial charge in [-0.05, 0) is 23.5 Å². The van der Waals surface area contributed by atoms with Gasteiger partial charge < -0.3 is 5.32 Å². The number of nitrogens with one attached hydrogen (secondary N) is 1. The van der Waals surface area contributed by atoms with Crippen LogP contribution in [0.15, 0.2) is 43.0 Å². The van der Waals surface area contributed by atoms with Crippen LogP contribution in [0.4, 0.5) is 0 Å². The molecule has 2 heteroatoms. The molecule has 1 unspecified atom stereocenters. The van der Waals surface area contributed by atoms with E-state index in [4.69, 9.17) is 0 Å². The molecule has 2 nitrogen and oxygen atoms in total. The first kappa shape index (κ1) is 13.5. The number of amides is 1. The fourth-order valence-corrected chi connectivity index (χ4v) is 1.78. The Hall–Kier alpha value is -1.57. The van der Waals surface area contributed by atoms with Gasteiger partial charge in [-0.25, -0.2) is 0 Å². The molecule has 0 aliphatic rings. The highest BCUT2D eigenvalue weighted by atomic mass is 16.1. The van der Waals surface area contributed by atoms with Crippen LogP contribution >= 0.6 is 0 Å². The summed E-state index contributed by atoms with van der Waals surface area (Å²) >= 11 is 0. The molecule has 0 bridgehead atoms. The van der Waals surface area contributed by atoms with Gasteiger partial charge in [-0.2, -0.15) is 0 Å². The van der Waals surface area contributed by atoms with E-state index in [0.717, 1.165) is 12.0 Å². The molecular formula is C15H21NO. The summed E-state index contributed by atoms with van der Waals surface area (Å²) in [5.41, 5.74) is 1.30. The van der Waals surface area contributed by atoms with Crippen molar-refractivity contribution in [2.24, 2.45) is 5.41 Å². The summed E-state index contributed by atoms with van der Waals surface area (Å²) in [6.45, 7) is 10.0. The van der Waals surface area contributed by atoms with Crippen molar-refractivity contribution in [3.63, 3.8) is 0 Å². The van der Waals surface area contributed by atoms with Crippen molar-refractivity contribution in [3.8, 4) is 0 Å². The Morgan fingerprint density at radius 3 is 2.41 bits per heavy atom. The zero-order valence-corrected chi connectivity index (χ0v) is 10.9. The Morgan fingerprint density at radius 1 is 1.35 bits per heavy atom. The lowest BCUT2D eigenvalue weighted by Crippen LogP contribution is -2.29. The average molecular weight is 231 g/mol. The van der Waals surface area contributed by atoms with Gasteiger partial charge >= 0.3 is 0 Å². The Balaban J connectivity index is 2.86. The van der Waals surface area contributed by atoms with E-state index in [9.17, 15) is 4.79 Å². The first-order valence-corrected chi connectivity index (χ1v) is 5.90. The van der Waals surface area contributed by atoms with Gasteiger partial charge in [0.25, 0.3) is 0 Å². The van der Waals surface area contributed by atoms with Crippen LogP contribution in [0.25, 0.3) is 0 Å². The number of benzene rings is 1. The topological polar surface area (TPSA) is 29.1 Å². The molecule has 1 rings (SSSR count). The minimum atomic E-state index is -0.122. The van der Waals surface area contributed by atoms with Crippen molar-refractivity contribution in [1.82, 2.24) is 5.32 Å². The highest BCUT2D eigenvalue weighted by molar-refractivity contribution is 5.87. The lowest BCUT2D eigenvalue weighted by Gasteiger charge is -2.26. The summed E-state index contributed by atoms with van der Waals surface area (Å²) < 4.78 is 0. The van der Waals surface area contributed by atoms with Crippen LogP contribution in [0.3, 0.4) is 0 Å².